The van der Waals surface area contributed by atoms with Gasteiger partial charge in [0.25, 0.3) is 0 Å². The number of carbonyl (C=O) groups excluding carboxylic acids is 1. The molecule has 0 aromatic heterocycles. The van der Waals surface area contributed by atoms with Crippen LogP contribution in [0.5, 0.6) is 0 Å². The number of rotatable bonds is 16. The minimum Gasteiger partial charge on any atom is -0.479 e. The molecule has 0 bridgehead atoms. The fourth-order valence-corrected chi connectivity index (χ4v) is 4.94. The lowest BCUT2D eigenvalue weighted by Gasteiger charge is -2.20. The van der Waals surface area contributed by atoms with E-state index >= 15 is 0 Å². The fraction of sp³-hybridized carbons (Fsp3) is 0.727. The number of thioether (sulfide) groups is 1. The van der Waals surface area contributed by atoms with Gasteiger partial charge in [0, 0.05) is 23.3 Å². The second-order valence-electron chi connectivity index (χ2n) is 7.48. The highest BCUT2D eigenvalue weighted by Gasteiger charge is 2.40. The molecule has 0 saturated heterocycles. The van der Waals surface area contributed by atoms with Gasteiger partial charge < -0.3 is 15.3 Å². The second kappa shape index (κ2) is 14.8. The van der Waals surface area contributed by atoms with Gasteiger partial charge in [0.05, 0.1) is 6.61 Å². The molecule has 28 heavy (non-hydrogen) atoms. The number of unbranched alkanes of at least 4 members (excludes halogenated alkanes) is 5. The van der Waals surface area contributed by atoms with Crippen LogP contribution in [0.4, 0.5) is 0 Å². The van der Waals surface area contributed by atoms with Gasteiger partial charge in [-0.3, -0.25) is 4.79 Å². The third-order valence-corrected chi connectivity index (χ3v) is 6.63. The van der Waals surface area contributed by atoms with Gasteiger partial charge in [-0.1, -0.05) is 37.5 Å². The van der Waals surface area contributed by atoms with E-state index in [1.807, 2.05) is 6.08 Å². The Kier molecular flexibility index (Phi) is 13.2. The van der Waals surface area contributed by atoms with Crippen molar-refractivity contribution in [3.63, 3.8) is 0 Å². The molecule has 0 aliphatic heterocycles. The quantitative estimate of drug-likeness (QED) is 0.262. The van der Waals surface area contributed by atoms with Gasteiger partial charge in [0.2, 0.25) is 0 Å². The largest absolute Gasteiger partial charge is 0.479 e. The maximum Gasteiger partial charge on any atom is 0.332 e. The van der Waals surface area contributed by atoms with Gasteiger partial charge in [0.1, 0.15) is 5.78 Å². The number of hydrogen-bond donors (Lipinski definition) is 3. The molecule has 4 atom stereocenters. The summed E-state index contributed by atoms with van der Waals surface area (Å²) in [6.45, 7) is 3.87. The summed E-state index contributed by atoms with van der Waals surface area (Å²) in [7, 11) is 0. The Hall–Kier alpha value is -1.11. The smallest absolute Gasteiger partial charge is 0.332 e. The Balaban J connectivity index is 2.51. The molecule has 0 amide bonds. The molecule has 0 radical (unpaired) electrons. The van der Waals surface area contributed by atoms with Crippen LogP contribution in [0.1, 0.15) is 64.2 Å². The summed E-state index contributed by atoms with van der Waals surface area (Å²) in [6.07, 6.45) is 13.3. The van der Waals surface area contributed by atoms with Crippen molar-refractivity contribution in [2.75, 3.05) is 12.4 Å². The number of Topliss-reactive ketones (excluding diaryl/α,β-unsaturated/α-hetero) is 1. The lowest BCUT2D eigenvalue weighted by molar-refractivity contribution is -0.147. The Morgan fingerprint density at radius 3 is 2.64 bits per heavy atom. The van der Waals surface area contributed by atoms with Gasteiger partial charge in [-0.15, -0.1) is 6.58 Å². The molecule has 1 fully saturated rings. The lowest BCUT2D eigenvalue weighted by Crippen LogP contribution is -2.19. The van der Waals surface area contributed by atoms with E-state index in [0.717, 1.165) is 44.9 Å². The number of carbonyl (C=O) groups is 2. The molecule has 5 nitrogen and oxygen atoms in total. The van der Waals surface area contributed by atoms with Crippen LogP contribution in [0.15, 0.2) is 24.8 Å². The van der Waals surface area contributed by atoms with E-state index in [1.165, 1.54) is 0 Å². The Labute approximate surface area is 173 Å². The van der Waals surface area contributed by atoms with Crippen LogP contribution in [0, 0.1) is 11.8 Å². The molecular weight excluding hydrogens is 376 g/mol. The molecule has 6 heteroatoms. The number of carboxylic acid groups (broad SMARTS) is 1. The summed E-state index contributed by atoms with van der Waals surface area (Å²) < 4.78 is 0. The summed E-state index contributed by atoms with van der Waals surface area (Å²) in [6, 6.07) is 0. The van der Waals surface area contributed by atoms with E-state index in [1.54, 1.807) is 11.8 Å². The van der Waals surface area contributed by atoms with Gasteiger partial charge in [-0.2, -0.15) is 11.8 Å². The Bertz CT molecular complexity index is 505. The number of hydrogen-bond acceptors (Lipinski definition) is 5. The zero-order valence-electron chi connectivity index (χ0n) is 16.8. The number of aliphatic hydroxyl groups excluding tert-OH is 2. The van der Waals surface area contributed by atoms with Crippen molar-refractivity contribution in [1.82, 2.24) is 0 Å². The summed E-state index contributed by atoms with van der Waals surface area (Å²) in [4.78, 5) is 23.2. The van der Waals surface area contributed by atoms with Crippen LogP contribution in [0.3, 0.4) is 0 Å². The van der Waals surface area contributed by atoms with Crippen molar-refractivity contribution in [3.05, 3.63) is 24.8 Å². The SMILES string of the molecule is C=CCCCCC=C[C@H]1[C@H](SCCO)CC(=O)[C@@H]1CCCCCC(O)C(=O)O. The first-order chi connectivity index (χ1) is 13.5. The molecule has 1 aliphatic rings. The minimum absolute atomic E-state index is 0.0185. The number of aliphatic hydroxyl groups is 2. The van der Waals surface area contributed by atoms with Gasteiger partial charge in [0.15, 0.2) is 6.10 Å². The molecule has 0 spiro atoms. The summed E-state index contributed by atoms with van der Waals surface area (Å²) >= 11 is 1.69. The third-order valence-electron chi connectivity index (χ3n) is 5.30. The highest BCUT2D eigenvalue weighted by Crippen LogP contribution is 2.40. The van der Waals surface area contributed by atoms with E-state index < -0.39 is 12.1 Å². The number of ketones is 1. The zero-order chi connectivity index (χ0) is 20.8. The molecule has 1 unspecified atom stereocenters. The van der Waals surface area contributed by atoms with E-state index in [2.05, 4.69) is 18.7 Å². The fourth-order valence-electron chi connectivity index (χ4n) is 3.75. The van der Waals surface area contributed by atoms with Gasteiger partial charge >= 0.3 is 5.97 Å². The molecule has 0 aromatic carbocycles. The number of aliphatic carboxylic acids is 1. The second-order valence-corrected chi connectivity index (χ2v) is 8.83. The minimum atomic E-state index is -1.29. The first-order valence-corrected chi connectivity index (χ1v) is 11.5. The first-order valence-electron chi connectivity index (χ1n) is 10.4. The zero-order valence-corrected chi connectivity index (χ0v) is 17.6. The van der Waals surface area contributed by atoms with Crippen LogP contribution >= 0.6 is 11.8 Å². The van der Waals surface area contributed by atoms with Gasteiger partial charge in [-0.25, -0.2) is 4.79 Å². The maximum absolute atomic E-state index is 12.6. The predicted molar refractivity (Wildman–Crippen MR) is 114 cm³/mol. The lowest BCUT2D eigenvalue weighted by atomic mass is 9.89. The van der Waals surface area contributed by atoms with Crippen molar-refractivity contribution >= 4 is 23.5 Å². The molecule has 160 valence electrons. The van der Waals surface area contributed by atoms with Crippen molar-refractivity contribution in [3.8, 4) is 0 Å². The van der Waals surface area contributed by atoms with Crippen LogP contribution in [-0.2, 0) is 9.59 Å². The van der Waals surface area contributed by atoms with E-state index in [-0.39, 0.29) is 30.1 Å². The van der Waals surface area contributed by atoms with Crippen molar-refractivity contribution in [2.24, 2.45) is 11.8 Å². The van der Waals surface area contributed by atoms with Crippen LogP contribution in [0.2, 0.25) is 0 Å². The van der Waals surface area contributed by atoms with Crippen LogP contribution < -0.4 is 0 Å². The third kappa shape index (κ3) is 9.39. The number of carboxylic acids is 1. The molecule has 0 heterocycles. The van der Waals surface area contributed by atoms with E-state index in [4.69, 9.17) is 10.2 Å². The van der Waals surface area contributed by atoms with Crippen LogP contribution in [0.25, 0.3) is 0 Å². The first kappa shape index (κ1) is 24.9. The van der Waals surface area contributed by atoms with Crippen molar-refractivity contribution in [1.29, 1.82) is 0 Å². The van der Waals surface area contributed by atoms with E-state index in [9.17, 15) is 14.7 Å². The molecule has 3 N–H and O–H groups in total. The Morgan fingerprint density at radius 2 is 1.96 bits per heavy atom. The van der Waals surface area contributed by atoms with Crippen molar-refractivity contribution in [2.45, 2.75) is 75.6 Å². The predicted octanol–water partition coefficient (Wildman–Crippen LogP) is 3.98. The molecule has 1 saturated carbocycles. The average molecular weight is 413 g/mol. The summed E-state index contributed by atoms with van der Waals surface area (Å²) in [5.74, 6) is 0.0231. The average Bonchev–Trinajstić information content (AvgIpc) is 2.97. The molecule has 0 aromatic rings. The summed E-state index contributed by atoms with van der Waals surface area (Å²) in [5, 5.41) is 27.4. The summed E-state index contributed by atoms with van der Waals surface area (Å²) in [5.41, 5.74) is 0. The highest BCUT2D eigenvalue weighted by molar-refractivity contribution is 8.00. The number of allylic oxidation sites excluding steroid dienone is 3. The topological polar surface area (TPSA) is 94.8 Å². The van der Waals surface area contributed by atoms with E-state index in [0.29, 0.717) is 24.4 Å². The normalized spacial score (nSPS) is 23.4. The maximum atomic E-state index is 12.6. The highest BCUT2D eigenvalue weighted by atomic mass is 32.2. The standard InChI is InChI=1S/C22H36O5S/c1-2-3-4-5-6-8-12-18-17(20(25)16-21(18)28-15-14-23)11-9-7-10-13-19(24)22(26)27/h2,8,12,17-19,21,23-24H,1,3-7,9-11,13-16H2,(H,26,27)/t17-,18-,19?,21-/m1/s1. The molecule has 1 rings (SSSR count). The van der Waals surface area contributed by atoms with Crippen LogP contribution in [-0.4, -0.2) is 50.8 Å². The monoisotopic (exact) mass is 412 g/mol. The van der Waals surface area contributed by atoms with Gasteiger partial charge in [-0.05, 0) is 44.4 Å². The molecular formula is C22H36O5S. The Morgan fingerprint density at radius 1 is 1.21 bits per heavy atom. The van der Waals surface area contributed by atoms with Crippen molar-refractivity contribution < 1.29 is 24.9 Å². The molecule has 1 aliphatic carbocycles.